The molecule has 1 saturated carbocycles. The van der Waals surface area contributed by atoms with Gasteiger partial charge in [-0.05, 0) is 81.0 Å². The van der Waals surface area contributed by atoms with Crippen LogP contribution in [0.3, 0.4) is 0 Å². The Hall–Kier alpha value is -3.54. The van der Waals surface area contributed by atoms with E-state index in [0.717, 1.165) is 42.7 Å². The van der Waals surface area contributed by atoms with Crippen LogP contribution < -0.4 is 4.74 Å². The highest BCUT2D eigenvalue weighted by Gasteiger charge is 2.39. The van der Waals surface area contributed by atoms with Gasteiger partial charge in [0.2, 0.25) is 5.91 Å². The average molecular weight is 487 g/mol. The summed E-state index contributed by atoms with van der Waals surface area (Å²) in [6, 6.07) is 18.0. The van der Waals surface area contributed by atoms with Crippen molar-refractivity contribution in [3.8, 4) is 5.75 Å². The highest BCUT2D eigenvalue weighted by atomic mass is 16.5. The van der Waals surface area contributed by atoms with Crippen LogP contribution in [0.5, 0.6) is 5.75 Å². The largest absolute Gasteiger partial charge is 0.486 e. The third kappa shape index (κ3) is 4.90. The van der Waals surface area contributed by atoms with Gasteiger partial charge in [-0.2, -0.15) is 0 Å². The second-order valence-electron chi connectivity index (χ2n) is 9.77. The fourth-order valence-corrected chi connectivity index (χ4v) is 5.08. The number of nitrogens with zero attached hydrogens (tertiary/aromatic N) is 2. The summed E-state index contributed by atoms with van der Waals surface area (Å²) < 4.78 is 11.9. The van der Waals surface area contributed by atoms with E-state index in [-0.39, 0.29) is 30.4 Å². The number of rotatable bonds is 8. The molecule has 0 radical (unpaired) electrons. The first-order valence-electron chi connectivity index (χ1n) is 13.0. The van der Waals surface area contributed by atoms with Crippen LogP contribution in [0, 0.1) is 12.8 Å². The summed E-state index contributed by atoms with van der Waals surface area (Å²) in [7, 11) is 0. The average Bonchev–Trinajstić information content (AvgIpc) is 3.64. The van der Waals surface area contributed by atoms with E-state index in [1.807, 2.05) is 19.9 Å². The normalized spacial score (nSPS) is 17.0. The van der Waals surface area contributed by atoms with Gasteiger partial charge in [0.1, 0.15) is 18.1 Å². The number of benzene rings is 2. The fraction of sp³-hybridized carbons (Fsp3) is 0.400. The minimum absolute atomic E-state index is 0.110. The zero-order valence-electron chi connectivity index (χ0n) is 21.3. The molecule has 0 bridgehead atoms. The molecule has 1 aliphatic carbocycles. The molecule has 2 amide bonds. The topological polar surface area (TPSA) is 63.0 Å². The molecule has 1 atom stereocenters. The van der Waals surface area contributed by atoms with Crippen molar-refractivity contribution in [1.29, 1.82) is 0 Å². The number of amides is 2. The molecule has 1 fully saturated rings. The first kappa shape index (κ1) is 24.2. The lowest BCUT2D eigenvalue weighted by Gasteiger charge is -2.38. The summed E-state index contributed by atoms with van der Waals surface area (Å²) in [4.78, 5) is 29.6. The summed E-state index contributed by atoms with van der Waals surface area (Å²) in [5.41, 5.74) is 4.68. The van der Waals surface area contributed by atoms with Crippen LogP contribution in [0.4, 0.5) is 0 Å². The molecule has 0 N–H and O–H groups in total. The van der Waals surface area contributed by atoms with Crippen LogP contribution in [0.1, 0.15) is 71.3 Å². The zero-order valence-corrected chi connectivity index (χ0v) is 21.3. The van der Waals surface area contributed by atoms with E-state index < -0.39 is 0 Å². The van der Waals surface area contributed by atoms with E-state index in [1.165, 1.54) is 11.1 Å². The number of furan rings is 1. The van der Waals surface area contributed by atoms with Crippen molar-refractivity contribution in [2.45, 2.75) is 52.7 Å². The van der Waals surface area contributed by atoms with Gasteiger partial charge in [-0.3, -0.25) is 9.59 Å². The molecule has 36 heavy (non-hydrogen) atoms. The van der Waals surface area contributed by atoms with Gasteiger partial charge in [-0.25, -0.2) is 0 Å². The lowest BCUT2D eigenvalue weighted by Crippen LogP contribution is -2.41. The van der Waals surface area contributed by atoms with Crippen molar-refractivity contribution in [1.82, 2.24) is 9.80 Å². The predicted octanol–water partition coefficient (Wildman–Crippen LogP) is 5.53. The molecule has 2 aliphatic rings. The van der Waals surface area contributed by atoms with Crippen LogP contribution in [0.2, 0.25) is 0 Å². The molecule has 1 aliphatic heterocycles. The number of carbonyl (C=O) groups excluding carboxylic acids is 2. The Kier molecular flexibility index (Phi) is 6.86. The van der Waals surface area contributed by atoms with E-state index in [1.54, 1.807) is 17.0 Å². The Balaban J connectivity index is 1.38. The Morgan fingerprint density at radius 1 is 1.06 bits per heavy atom. The van der Waals surface area contributed by atoms with Gasteiger partial charge in [0.05, 0.1) is 6.04 Å². The first-order chi connectivity index (χ1) is 17.5. The molecule has 0 spiro atoms. The maximum Gasteiger partial charge on any atom is 0.289 e. The summed E-state index contributed by atoms with van der Waals surface area (Å²) in [6.45, 7) is 8.23. The van der Waals surface area contributed by atoms with Crippen molar-refractivity contribution in [3.63, 3.8) is 0 Å². The molecular weight excluding hydrogens is 452 g/mol. The number of hydrogen-bond acceptors (Lipinski definition) is 4. The maximum atomic E-state index is 13.2. The molecule has 0 unspecified atom stereocenters. The van der Waals surface area contributed by atoms with E-state index in [0.29, 0.717) is 24.6 Å². The van der Waals surface area contributed by atoms with Crippen molar-refractivity contribution in [2.75, 3.05) is 19.6 Å². The van der Waals surface area contributed by atoms with Crippen molar-refractivity contribution >= 4 is 11.8 Å². The predicted molar refractivity (Wildman–Crippen MR) is 138 cm³/mol. The van der Waals surface area contributed by atoms with Gasteiger partial charge < -0.3 is 19.0 Å². The highest BCUT2D eigenvalue weighted by molar-refractivity contribution is 5.91. The SMILES string of the molecule is CCN(CC)C(=O)c1ccc(COc2ccc3c(c2)[C@H](c2cccc(C)c2)N(C(=O)C2CC2)CC3)o1. The van der Waals surface area contributed by atoms with E-state index >= 15 is 0 Å². The fourth-order valence-electron chi connectivity index (χ4n) is 5.08. The number of hydrogen-bond donors (Lipinski definition) is 0. The number of carbonyl (C=O) groups is 2. The monoisotopic (exact) mass is 486 g/mol. The van der Waals surface area contributed by atoms with Crippen molar-refractivity contribution in [2.24, 2.45) is 5.92 Å². The number of fused-ring (bicyclic) bond motifs is 1. The smallest absolute Gasteiger partial charge is 0.289 e. The van der Waals surface area contributed by atoms with Crippen LogP contribution >= 0.6 is 0 Å². The van der Waals surface area contributed by atoms with Crippen LogP contribution in [0.25, 0.3) is 0 Å². The van der Waals surface area contributed by atoms with Crippen LogP contribution in [-0.4, -0.2) is 41.2 Å². The Bertz CT molecular complexity index is 1260. The van der Waals surface area contributed by atoms with Gasteiger partial charge >= 0.3 is 0 Å². The lowest BCUT2D eigenvalue weighted by molar-refractivity contribution is -0.134. The maximum absolute atomic E-state index is 13.2. The summed E-state index contributed by atoms with van der Waals surface area (Å²) >= 11 is 0. The van der Waals surface area contributed by atoms with Crippen LogP contribution in [0.15, 0.2) is 59.0 Å². The quantitative estimate of drug-likeness (QED) is 0.420. The van der Waals surface area contributed by atoms with E-state index in [4.69, 9.17) is 9.15 Å². The van der Waals surface area contributed by atoms with Crippen molar-refractivity contribution in [3.05, 3.63) is 88.4 Å². The second kappa shape index (κ2) is 10.2. The molecule has 6 nitrogen and oxygen atoms in total. The van der Waals surface area contributed by atoms with Crippen molar-refractivity contribution < 1.29 is 18.7 Å². The van der Waals surface area contributed by atoms with E-state index in [2.05, 4.69) is 48.2 Å². The Morgan fingerprint density at radius 2 is 1.86 bits per heavy atom. The van der Waals surface area contributed by atoms with Gasteiger partial charge in [0.15, 0.2) is 5.76 Å². The van der Waals surface area contributed by atoms with Gasteiger partial charge in [0, 0.05) is 25.6 Å². The lowest BCUT2D eigenvalue weighted by atomic mass is 9.87. The third-order valence-corrected chi connectivity index (χ3v) is 7.22. The summed E-state index contributed by atoms with van der Waals surface area (Å²) in [6.07, 6.45) is 2.83. The summed E-state index contributed by atoms with van der Waals surface area (Å²) in [5, 5.41) is 0. The highest BCUT2D eigenvalue weighted by Crippen LogP contribution is 2.41. The number of ether oxygens (including phenoxy) is 1. The molecule has 2 heterocycles. The summed E-state index contributed by atoms with van der Waals surface area (Å²) in [5.74, 6) is 1.98. The van der Waals surface area contributed by atoms with Gasteiger partial charge in [-0.15, -0.1) is 0 Å². The van der Waals surface area contributed by atoms with E-state index in [9.17, 15) is 9.59 Å². The van der Waals surface area contributed by atoms with Gasteiger partial charge in [0.25, 0.3) is 5.91 Å². The Morgan fingerprint density at radius 3 is 2.58 bits per heavy atom. The standard InChI is InChI=1S/C30H34N2O4/c1-4-31(5-2)30(34)27-14-13-25(36-27)19-35-24-12-11-21-15-16-32(29(33)22-9-10-22)28(26(21)18-24)23-8-6-7-20(3)17-23/h6-8,11-14,17-18,22,28H,4-5,9-10,15-16,19H2,1-3H3/t28-/m0/s1. The minimum Gasteiger partial charge on any atom is -0.486 e. The van der Waals surface area contributed by atoms with Crippen LogP contribution in [-0.2, 0) is 17.8 Å². The molecule has 6 heteroatoms. The molecular formula is C30H34N2O4. The molecule has 188 valence electrons. The molecule has 0 saturated heterocycles. The minimum atomic E-state index is -0.118. The molecule has 5 rings (SSSR count). The number of aryl methyl sites for hydroxylation is 1. The zero-order chi connectivity index (χ0) is 25.2. The molecule has 3 aromatic rings. The van der Waals surface area contributed by atoms with Gasteiger partial charge in [-0.1, -0.05) is 35.9 Å². The molecule has 2 aromatic carbocycles. The Labute approximate surface area is 212 Å². The third-order valence-electron chi connectivity index (χ3n) is 7.22. The first-order valence-corrected chi connectivity index (χ1v) is 13.0. The molecule has 1 aromatic heterocycles. The second-order valence-corrected chi connectivity index (χ2v) is 9.77.